The summed E-state index contributed by atoms with van der Waals surface area (Å²) in [5.41, 5.74) is 6.85. The van der Waals surface area contributed by atoms with Gasteiger partial charge < -0.3 is 15.6 Å². The average molecular weight is 208 g/mol. The van der Waals surface area contributed by atoms with Crippen LogP contribution < -0.4 is 5.73 Å². The van der Waals surface area contributed by atoms with Gasteiger partial charge in [0.15, 0.2) is 0 Å². The molecule has 0 unspecified atom stereocenters. The molecule has 4 nitrogen and oxygen atoms in total. The molecule has 0 aliphatic carbocycles. The predicted molar refractivity (Wildman–Crippen MR) is 59.1 cm³/mol. The first-order valence-corrected chi connectivity index (χ1v) is 4.85. The van der Waals surface area contributed by atoms with Crippen LogP contribution >= 0.6 is 0 Å². The molecule has 0 atom stereocenters. The lowest BCUT2D eigenvalue weighted by Gasteiger charge is -2.06. The monoisotopic (exact) mass is 208 g/mol. The van der Waals surface area contributed by atoms with E-state index in [1.807, 2.05) is 13.0 Å². The maximum absolute atomic E-state index is 9.63. The Morgan fingerprint density at radius 2 is 2.27 bits per heavy atom. The third kappa shape index (κ3) is 3.59. The van der Waals surface area contributed by atoms with Crippen molar-refractivity contribution < 1.29 is 9.84 Å². The van der Waals surface area contributed by atoms with Gasteiger partial charge in [0.05, 0.1) is 12.4 Å². The molecule has 0 amide bonds. The second kappa shape index (κ2) is 5.36. The zero-order valence-corrected chi connectivity index (χ0v) is 8.79. The lowest BCUT2D eigenvalue weighted by molar-refractivity contribution is 0.134. The fourth-order valence-corrected chi connectivity index (χ4v) is 1.27. The summed E-state index contributed by atoms with van der Waals surface area (Å²) in [6.07, 6.45) is 0.279. The van der Waals surface area contributed by atoms with Gasteiger partial charge in [0.25, 0.3) is 0 Å². The van der Waals surface area contributed by atoms with Crippen molar-refractivity contribution in [3.63, 3.8) is 0 Å². The van der Waals surface area contributed by atoms with Crippen molar-refractivity contribution in [3.8, 4) is 5.75 Å². The normalized spacial score (nSPS) is 10.2. The molecule has 0 fully saturated rings. The molecule has 4 N–H and O–H groups in total. The van der Waals surface area contributed by atoms with Gasteiger partial charge in [0.1, 0.15) is 5.75 Å². The molecule has 0 aromatic heterocycles. The quantitative estimate of drug-likeness (QED) is 0.505. The molecular weight excluding hydrogens is 192 g/mol. The standard InChI is InChI=1S/C11H16N2O2/c1-2-15-7-8-3-4-9(6-11(12)13)10(14)5-8/h3-5,14H,2,6-7H2,1H3,(H3,12,13). The number of amidine groups is 1. The van der Waals surface area contributed by atoms with Gasteiger partial charge in [-0.3, -0.25) is 5.41 Å². The Balaban J connectivity index is 2.74. The van der Waals surface area contributed by atoms with Gasteiger partial charge in [-0.2, -0.15) is 0 Å². The third-order valence-electron chi connectivity index (χ3n) is 2.00. The molecule has 0 spiro atoms. The molecule has 0 saturated carbocycles. The van der Waals surface area contributed by atoms with Crippen LogP contribution in [0.2, 0.25) is 0 Å². The van der Waals surface area contributed by atoms with Crippen LogP contribution in [-0.4, -0.2) is 17.5 Å². The zero-order valence-electron chi connectivity index (χ0n) is 8.79. The molecule has 4 heteroatoms. The Morgan fingerprint density at radius 1 is 1.53 bits per heavy atom. The van der Waals surface area contributed by atoms with Crippen LogP contribution in [0.3, 0.4) is 0 Å². The molecular formula is C11H16N2O2. The van der Waals surface area contributed by atoms with Crippen molar-refractivity contribution in [2.75, 3.05) is 6.61 Å². The topological polar surface area (TPSA) is 79.3 Å². The van der Waals surface area contributed by atoms with Gasteiger partial charge >= 0.3 is 0 Å². The van der Waals surface area contributed by atoms with Crippen molar-refractivity contribution in [3.05, 3.63) is 29.3 Å². The summed E-state index contributed by atoms with van der Waals surface area (Å²) in [4.78, 5) is 0. The SMILES string of the molecule is CCOCc1ccc(CC(=N)N)c(O)c1. The molecule has 1 aromatic carbocycles. The van der Waals surface area contributed by atoms with Gasteiger partial charge in [-0.1, -0.05) is 12.1 Å². The zero-order chi connectivity index (χ0) is 11.3. The Labute approximate surface area is 89.2 Å². The van der Waals surface area contributed by atoms with Gasteiger partial charge in [-0.05, 0) is 18.6 Å². The number of phenols is 1. The van der Waals surface area contributed by atoms with Crippen LogP contribution in [0.5, 0.6) is 5.75 Å². The number of phenolic OH excluding ortho intramolecular Hbond substituents is 1. The number of hydrogen-bond donors (Lipinski definition) is 3. The summed E-state index contributed by atoms with van der Waals surface area (Å²) in [5.74, 6) is 0.213. The highest BCUT2D eigenvalue weighted by molar-refractivity contribution is 5.80. The third-order valence-corrected chi connectivity index (χ3v) is 2.00. The van der Waals surface area contributed by atoms with Crippen LogP contribution in [0, 0.1) is 5.41 Å². The van der Waals surface area contributed by atoms with Crippen LogP contribution in [-0.2, 0) is 17.8 Å². The van der Waals surface area contributed by atoms with Crippen LogP contribution in [0.1, 0.15) is 18.1 Å². The number of nitrogens with two attached hydrogens (primary N) is 1. The first-order chi connectivity index (χ1) is 7.13. The van der Waals surface area contributed by atoms with Crippen molar-refractivity contribution in [2.45, 2.75) is 20.0 Å². The number of nitrogens with one attached hydrogen (secondary N) is 1. The summed E-state index contributed by atoms with van der Waals surface area (Å²) in [7, 11) is 0. The molecule has 0 aliphatic heterocycles. The first kappa shape index (κ1) is 11.5. The van der Waals surface area contributed by atoms with Crippen LogP contribution in [0.25, 0.3) is 0 Å². The maximum atomic E-state index is 9.63. The highest BCUT2D eigenvalue weighted by atomic mass is 16.5. The number of hydrogen-bond acceptors (Lipinski definition) is 3. The van der Waals surface area contributed by atoms with E-state index < -0.39 is 0 Å². The van der Waals surface area contributed by atoms with E-state index in [0.29, 0.717) is 18.8 Å². The Bertz CT molecular complexity index is 350. The summed E-state index contributed by atoms with van der Waals surface area (Å²) in [6, 6.07) is 5.28. The van der Waals surface area contributed by atoms with E-state index in [9.17, 15) is 5.11 Å². The smallest absolute Gasteiger partial charge is 0.119 e. The van der Waals surface area contributed by atoms with Crippen molar-refractivity contribution in [1.82, 2.24) is 0 Å². The van der Waals surface area contributed by atoms with Crippen molar-refractivity contribution >= 4 is 5.84 Å². The van der Waals surface area contributed by atoms with E-state index in [1.54, 1.807) is 12.1 Å². The maximum Gasteiger partial charge on any atom is 0.119 e. The van der Waals surface area contributed by atoms with E-state index in [4.69, 9.17) is 15.9 Å². The van der Waals surface area contributed by atoms with Crippen molar-refractivity contribution in [2.24, 2.45) is 5.73 Å². The second-order valence-electron chi connectivity index (χ2n) is 3.30. The number of benzene rings is 1. The molecule has 82 valence electrons. The van der Waals surface area contributed by atoms with E-state index >= 15 is 0 Å². The summed E-state index contributed by atoms with van der Waals surface area (Å²) in [5, 5.41) is 16.8. The molecule has 0 radical (unpaired) electrons. The largest absolute Gasteiger partial charge is 0.508 e. The lowest BCUT2D eigenvalue weighted by Crippen LogP contribution is -2.12. The highest BCUT2D eigenvalue weighted by Crippen LogP contribution is 2.19. The average Bonchev–Trinajstić information content (AvgIpc) is 2.18. The number of ether oxygens (including phenoxy) is 1. The van der Waals surface area contributed by atoms with Crippen LogP contribution in [0.4, 0.5) is 0 Å². The van der Waals surface area contributed by atoms with Gasteiger partial charge in [0, 0.05) is 18.6 Å². The number of aromatic hydroxyl groups is 1. The Morgan fingerprint density at radius 3 is 2.80 bits per heavy atom. The Kier molecular flexibility index (Phi) is 4.12. The van der Waals surface area contributed by atoms with E-state index in [2.05, 4.69) is 0 Å². The molecule has 1 aromatic rings. The number of rotatable bonds is 5. The minimum atomic E-state index is 0.0443. The van der Waals surface area contributed by atoms with Gasteiger partial charge in [-0.15, -0.1) is 0 Å². The minimum Gasteiger partial charge on any atom is -0.508 e. The van der Waals surface area contributed by atoms with Crippen molar-refractivity contribution in [1.29, 1.82) is 5.41 Å². The predicted octanol–water partition coefficient (Wildman–Crippen LogP) is 1.41. The summed E-state index contributed by atoms with van der Waals surface area (Å²) in [6.45, 7) is 3.06. The highest BCUT2D eigenvalue weighted by Gasteiger charge is 2.03. The van der Waals surface area contributed by atoms with Gasteiger partial charge in [0.2, 0.25) is 0 Å². The van der Waals surface area contributed by atoms with Crippen LogP contribution in [0.15, 0.2) is 18.2 Å². The molecule has 0 aliphatic rings. The fraction of sp³-hybridized carbons (Fsp3) is 0.364. The molecule has 15 heavy (non-hydrogen) atoms. The summed E-state index contributed by atoms with van der Waals surface area (Å²) < 4.78 is 5.22. The molecule has 0 saturated heterocycles. The van der Waals surface area contributed by atoms with E-state index in [0.717, 1.165) is 5.56 Å². The first-order valence-electron chi connectivity index (χ1n) is 4.85. The lowest BCUT2D eigenvalue weighted by atomic mass is 10.1. The fourth-order valence-electron chi connectivity index (χ4n) is 1.27. The summed E-state index contributed by atoms with van der Waals surface area (Å²) >= 11 is 0. The van der Waals surface area contributed by atoms with E-state index in [-0.39, 0.29) is 18.0 Å². The molecule has 1 rings (SSSR count). The van der Waals surface area contributed by atoms with E-state index in [1.165, 1.54) is 0 Å². The second-order valence-corrected chi connectivity index (χ2v) is 3.30. The van der Waals surface area contributed by atoms with Gasteiger partial charge in [-0.25, -0.2) is 0 Å². The molecule has 0 heterocycles. The molecule has 0 bridgehead atoms. The Hall–Kier alpha value is -1.55. The minimum absolute atomic E-state index is 0.0443.